The molecule has 0 aromatic carbocycles. The monoisotopic (exact) mass is 255 g/mol. The number of rotatable bonds is 11. The Morgan fingerprint density at radius 2 is 1.61 bits per heavy atom. The molecule has 0 saturated heterocycles. The van der Waals surface area contributed by atoms with Gasteiger partial charge in [-0.2, -0.15) is 0 Å². The topological polar surface area (TPSA) is 32.3 Å². The standard InChI is InChI=1S/C16H33NO/c1-2-3-4-5-6-7-8-9-12-17-14-15-10-11-16(18)13-15/h15-18H,2-14H2,1H3. The maximum absolute atomic E-state index is 9.43. The summed E-state index contributed by atoms with van der Waals surface area (Å²) >= 11 is 0. The first-order chi connectivity index (χ1) is 8.83. The van der Waals surface area contributed by atoms with E-state index < -0.39 is 0 Å². The predicted molar refractivity (Wildman–Crippen MR) is 78.8 cm³/mol. The Morgan fingerprint density at radius 1 is 0.944 bits per heavy atom. The maximum Gasteiger partial charge on any atom is 0.0543 e. The highest BCUT2D eigenvalue weighted by molar-refractivity contribution is 4.75. The number of hydrogen-bond donors (Lipinski definition) is 2. The highest BCUT2D eigenvalue weighted by atomic mass is 16.3. The summed E-state index contributed by atoms with van der Waals surface area (Å²) < 4.78 is 0. The Morgan fingerprint density at radius 3 is 2.22 bits per heavy atom. The molecule has 1 saturated carbocycles. The number of aliphatic hydroxyl groups is 1. The molecule has 0 spiro atoms. The molecular formula is C16H33NO. The lowest BCUT2D eigenvalue weighted by molar-refractivity contribution is 0.177. The molecule has 2 unspecified atom stereocenters. The van der Waals surface area contributed by atoms with E-state index in [1.54, 1.807) is 0 Å². The summed E-state index contributed by atoms with van der Waals surface area (Å²) in [5.41, 5.74) is 0. The fourth-order valence-electron chi connectivity index (χ4n) is 2.92. The van der Waals surface area contributed by atoms with E-state index in [4.69, 9.17) is 0 Å². The molecule has 0 radical (unpaired) electrons. The van der Waals surface area contributed by atoms with Crippen LogP contribution in [0, 0.1) is 5.92 Å². The second-order valence-corrected chi connectivity index (χ2v) is 6.01. The molecule has 0 aromatic heterocycles. The van der Waals surface area contributed by atoms with Crippen molar-refractivity contribution in [2.24, 2.45) is 5.92 Å². The highest BCUT2D eigenvalue weighted by Crippen LogP contribution is 2.24. The van der Waals surface area contributed by atoms with E-state index in [0.717, 1.165) is 25.3 Å². The van der Waals surface area contributed by atoms with Gasteiger partial charge >= 0.3 is 0 Å². The summed E-state index contributed by atoms with van der Waals surface area (Å²) in [6.07, 6.45) is 14.4. The third-order valence-corrected chi connectivity index (χ3v) is 4.15. The first-order valence-corrected chi connectivity index (χ1v) is 8.21. The van der Waals surface area contributed by atoms with Crippen LogP contribution in [0.25, 0.3) is 0 Å². The summed E-state index contributed by atoms with van der Waals surface area (Å²) in [4.78, 5) is 0. The van der Waals surface area contributed by atoms with Crippen LogP contribution in [-0.2, 0) is 0 Å². The molecule has 0 heterocycles. The molecule has 0 aromatic rings. The van der Waals surface area contributed by atoms with Crippen molar-refractivity contribution in [3.8, 4) is 0 Å². The van der Waals surface area contributed by atoms with Gasteiger partial charge in [-0.15, -0.1) is 0 Å². The Balaban J connectivity index is 1.73. The van der Waals surface area contributed by atoms with Crippen molar-refractivity contribution in [2.75, 3.05) is 13.1 Å². The molecule has 0 bridgehead atoms. The first kappa shape index (κ1) is 16.0. The van der Waals surface area contributed by atoms with E-state index in [2.05, 4.69) is 12.2 Å². The van der Waals surface area contributed by atoms with E-state index >= 15 is 0 Å². The fourth-order valence-corrected chi connectivity index (χ4v) is 2.92. The molecule has 2 nitrogen and oxygen atoms in total. The van der Waals surface area contributed by atoms with Gasteiger partial charge in [0.25, 0.3) is 0 Å². The molecule has 18 heavy (non-hydrogen) atoms. The van der Waals surface area contributed by atoms with E-state index in [1.807, 2.05) is 0 Å². The number of unbranched alkanes of at least 4 members (excludes halogenated alkanes) is 7. The summed E-state index contributed by atoms with van der Waals surface area (Å²) in [5.74, 6) is 0.731. The van der Waals surface area contributed by atoms with E-state index in [1.165, 1.54) is 64.3 Å². The van der Waals surface area contributed by atoms with E-state index in [-0.39, 0.29) is 6.10 Å². The van der Waals surface area contributed by atoms with Crippen LogP contribution >= 0.6 is 0 Å². The van der Waals surface area contributed by atoms with Gasteiger partial charge < -0.3 is 10.4 Å². The van der Waals surface area contributed by atoms with Gasteiger partial charge in [-0.3, -0.25) is 0 Å². The van der Waals surface area contributed by atoms with Crippen LogP contribution in [-0.4, -0.2) is 24.3 Å². The van der Waals surface area contributed by atoms with Gasteiger partial charge in [-0.05, 0) is 44.7 Å². The molecular weight excluding hydrogens is 222 g/mol. The molecule has 2 N–H and O–H groups in total. The summed E-state index contributed by atoms with van der Waals surface area (Å²) in [6, 6.07) is 0. The lowest BCUT2D eigenvalue weighted by Gasteiger charge is -2.10. The lowest BCUT2D eigenvalue weighted by atomic mass is 10.1. The van der Waals surface area contributed by atoms with Gasteiger partial charge in [0.15, 0.2) is 0 Å². The smallest absolute Gasteiger partial charge is 0.0543 e. The molecule has 1 rings (SSSR count). The molecule has 1 aliphatic rings. The van der Waals surface area contributed by atoms with Crippen LogP contribution < -0.4 is 5.32 Å². The van der Waals surface area contributed by atoms with E-state index in [0.29, 0.717) is 0 Å². The largest absolute Gasteiger partial charge is 0.393 e. The Bertz CT molecular complexity index is 184. The van der Waals surface area contributed by atoms with Gasteiger partial charge in [0.2, 0.25) is 0 Å². The van der Waals surface area contributed by atoms with Crippen LogP contribution in [0.5, 0.6) is 0 Å². The van der Waals surface area contributed by atoms with Crippen LogP contribution in [0.15, 0.2) is 0 Å². The highest BCUT2D eigenvalue weighted by Gasteiger charge is 2.21. The van der Waals surface area contributed by atoms with Crippen LogP contribution in [0.2, 0.25) is 0 Å². The minimum Gasteiger partial charge on any atom is -0.393 e. The second-order valence-electron chi connectivity index (χ2n) is 6.01. The Labute approximate surface area is 114 Å². The van der Waals surface area contributed by atoms with Crippen LogP contribution in [0.4, 0.5) is 0 Å². The van der Waals surface area contributed by atoms with Crippen molar-refractivity contribution in [3.05, 3.63) is 0 Å². The third-order valence-electron chi connectivity index (χ3n) is 4.15. The van der Waals surface area contributed by atoms with Gasteiger partial charge in [0.05, 0.1) is 6.10 Å². The maximum atomic E-state index is 9.43. The fraction of sp³-hybridized carbons (Fsp3) is 1.00. The molecule has 1 aliphatic carbocycles. The average Bonchev–Trinajstić information content (AvgIpc) is 2.77. The second kappa shape index (κ2) is 10.8. The quantitative estimate of drug-likeness (QED) is 0.549. The number of aliphatic hydroxyl groups excluding tert-OH is 1. The SMILES string of the molecule is CCCCCCCCCCNCC1CCC(O)C1. The third kappa shape index (κ3) is 8.10. The zero-order valence-corrected chi connectivity index (χ0v) is 12.3. The first-order valence-electron chi connectivity index (χ1n) is 8.21. The molecule has 0 aliphatic heterocycles. The van der Waals surface area contributed by atoms with Gasteiger partial charge in [0, 0.05) is 0 Å². The molecule has 2 atom stereocenters. The summed E-state index contributed by atoms with van der Waals surface area (Å²) in [7, 11) is 0. The van der Waals surface area contributed by atoms with Crippen molar-refractivity contribution in [1.29, 1.82) is 0 Å². The lowest BCUT2D eigenvalue weighted by Crippen LogP contribution is -2.22. The molecule has 0 amide bonds. The molecule has 108 valence electrons. The number of nitrogens with one attached hydrogen (secondary N) is 1. The predicted octanol–water partition coefficient (Wildman–Crippen LogP) is 3.88. The average molecular weight is 255 g/mol. The van der Waals surface area contributed by atoms with Gasteiger partial charge in [-0.1, -0.05) is 51.9 Å². The summed E-state index contributed by atoms with van der Waals surface area (Å²) in [6.45, 7) is 4.56. The normalized spacial score (nSPS) is 23.7. The molecule has 1 fully saturated rings. The van der Waals surface area contributed by atoms with Gasteiger partial charge in [-0.25, -0.2) is 0 Å². The van der Waals surface area contributed by atoms with Crippen molar-refractivity contribution in [1.82, 2.24) is 5.32 Å². The zero-order valence-electron chi connectivity index (χ0n) is 12.3. The minimum atomic E-state index is -0.0140. The van der Waals surface area contributed by atoms with Crippen LogP contribution in [0.1, 0.15) is 77.6 Å². The van der Waals surface area contributed by atoms with Crippen molar-refractivity contribution >= 4 is 0 Å². The Kier molecular flexibility index (Phi) is 9.59. The van der Waals surface area contributed by atoms with E-state index in [9.17, 15) is 5.11 Å². The van der Waals surface area contributed by atoms with Crippen molar-refractivity contribution in [2.45, 2.75) is 83.7 Å². The van der Waals surface area contributed by atoms with Crippen molar-refractivity contribution < 1.29 is 5.11 Å². The van der Waals surface area contributed by atoms with Gasteiger partial charge in [0.1, 0.15) is 0 Å². The molecule has 2 heteroatoms. The van der Waals surface area contributed by atoms with Crippen LogP contribution in [0.3, 0.4) is 0 Å². The minimum absolute atomic E-state index is 0.0140. The number of hydrogen-bond acceptors (Lipinski definition) is 2. The summed E-state index contributed by atoms with van der Waals surface area (Å²) in [5, 5.41) is 13.0. The van der Waals surface area contributed by atoms with Crippen molar-refractivity contribution in [3.63, 3.8) is 0 Å². The Hall–Kier alpha value is -0.0800. The zero-order chi connectivity index (χ0) is 13.1.